The molecule has 0 radical (unpaired) electrons. The second-order valence-corrected chi connectivity index (χ2v) is 4.95. The average molecular weight is 283 g/mol. The van der Waals surface area contributed by atoms with Crippen LogP contribution in [0.5, 0.6) is 0 Å². The fraction of sp³-hybridized carbons (Fsp3) is 0.167. The highest BCUT2D eigenvalue weighted by Crippen LogP contribution is 2.14. The number of aromatic nitrogens is 1. The highest BCUT2D eigenvalue weighted by atomic mass is 35.5. The molecule has 1 N–H and O–H groups in total. The highest BCUT2D eigenvalue weighted by molar-refractivity contribution is 7.13. The Balaban J connectivity index is 1.73. The molecule has 0 saturated carbocycles. The van der Waals surface area contributed by atoms with Crippen molar-refractivity contribution in [3.05, 3.63) is 51.4 Å². The summed E-state index contributed by atoms with van der Waals surface area (Å²) in [5.41, 5.74) is 1.67. The Morgan fingerprint density at radius 3 is 2.83 bits per heavy atom. The van der Waals surface area contributed by atoms with Crippen molar-refractivity contribution in [2.75, 3.05) is 0 Å². The smallest absolute Gasteiger partial charge is 0.407 e. The van der Waals surface area contributed by atoms with Gasteiger partial charge in [-0.25, -0.2) is 9.78 Å². The van der Waals surface area contributed by atoms with Crippen molar-refractivity contribution in [1.29, 1.82) is 0 Å². The highest BCUT2D eigenvalue weighted by Gasteiger charge is 2.04. The maximum absolute atomic E-state index is 11.4. The number of carbonyl (C=O) groups excluding carboxylic acids is 1. The summed E-state index contributed by atoms with van der Waals surface area (Å²) in [5, 5.41) is 4.40. The van der Waals surface area contributed by atoms with Gasteiger partial charge in [0.05, 0.1) is 12.2 Å². The minimum atomic E-state index is -0.469. The largest absolute Gasteiger partial charge is 0.445 e. The van der Waals surface area contributed by atoms with E-state index in [0.717, 1.165) is 11.3 Å². The summed E-state index contributed by atoms with van der Waals surface area (Å²) in [4.78, 5) is 15.4. The van der Waals surface area contributed by atoms with Gasteiger partial charge in [-0.1, -0.05) is 41.9 Å². The second-order valence-electron chi connectivity index (χ2n) is 3.51. The van der Waals surface area contributed by atoms with Gasteiger partial charge >= 0.3 is 6.09 Å². The number of alkyl carbamates (subject to hydrolysis) is 1. The molecule has 2 aromatic rings. The number of benzene rings is 1. The van der Waals surface area contributed by atoms with Crippen molar-refractivity contribution in [3.8, 4) is 0 Å². The van der Waals surface area contributed by atoms with Crippen LogP contribution in [0, 0.1) is 0 Å². The third-order valence-electron chi connectivity index (χ3n) is 2.15. The van der Waals surface area contributed by atoms with Gasteiger partial charge < -0.3 is 10.1 Å². The van der Waals surface area contributed by atoms with E-state index in [1.807, 2.05) is 30.3 Å². The number of nitrogens with zero attached hydrogens (tertiary/aromatic N) is 1. The van der Waals surface area contributed by atoms with Crippen molar-refractivity contribution in [2.24, 2.45) is 0 Å². The zero-order valence-electron chi connectivity index (χ0n) is 9.43. The van der Waals surface area contributed by atoms with Crippen LogP contribution in [0.2, 0.25) is 4.47 Å². The van der Waals surface area contributed by atoms with Gasteiger partial charge in [-0.05, 0) is 5.56 Å². The Hall–Kier alpha value is -1.59. The van der Waals surface area contributed by atoms with Crippen LogP contribution in [0.1, 0.15) is 11.3 Å². The first-order valence-corrected chi connectivity index (χ1v) is 6.54. The van der Waals surface area contributed by atoms with Crippen molar-refractivity contribution in [3.63, 3.8) is 0 Å². The Labute approximate surface area is 114 Å². The standard InChI is InChI=1S/C12H11ClN2O2S/c13-11-15-10(8-18-11)6-14-12(16)17-7-9-4-2-1-3-5-9/h1-5,8H,6-7H2,(H,14,16). The quantitative estimate of drug-likeness (QED) is 0.937. The number of thiazole rings is 1. The first-order chi connectivity index (χ1) is 8.74. The van der Waals surface area contributed by atoms with Gasteiger partial charge in [0.1, 0.15) is 6.61 Å². The summed E-state index contributed by atoms with van der Waals surface area (Å²) in [6.07, 6.45) is -0.469. The molecule has 0 bridgehead atoms. The topological polar surface area (TPSA) is 51.2 Å². The number of nitrogens with one attached hydrogen (secondary N) is 1. The van der Waals surface area contributed by atoms with E-state index in [9.17, 15) is 4.79 Å². The predicted molar refractivity (Wildman–Crippen MR) is 70.6 cm³/mol. The van der Waals surface area contributed by atoms with Crippen LogP contribution in [0.25, 0.3) is 0 Å². The Morgan fingerprint density at radius 1 is 1.39 bits per heavy atom. The lowest BCUT2D eigenvalue weighted by atomic mass is 10.2. The Morgan fingerprint density at radius 2 is 2.17 bits per heavy atom. The van der Waals surface area contributed by atoms with E-state index in [-0.39, 0.29) is 6.61 Å². The monoisotopic (exact) mass is 282 g/mol. The van der Waals surface area contributed by atoms with E-state index in [4.69, 9.17) is 16.3 Å². The van der Waals surface area contributed by atoms with Gasteiger partial charge in [-0.2, -0.15) is 0 Å². The molecule has 0 spiro atoms. The summed E-state index contributed by atoms with van der Waals surface area (Å²) in [6, 6.07) is 9.50. The van der Waals surface area contributed by atoms with E-state index < -0.39 is 6.09 Å². The van der Waals surface area contributed by atoms with Crippen molar-refractivity contribution < 1.29 is 9.53 Å². The first-order valence-electron chi connectivity index (χ1n) is 5.28. The molecule has 1 amide bonds. The van der Waals surface area contributed by atoms with Crippen molar-refractivity contribution in [1.82, 2.24) is 10.3 Å². The van der Waals surface area contributed by atoms with Gasteiger partial charge in [-0.3, -0.25) is 0 Å². The van der Waals surface area contributed by atoms with Gasteiger partial charge in [-0.15, -0.1) is 11.3 Å². The van der Waals surface area contributed by atoms with Crippen LogP contribution in [0.15, 0.2) is 35.7 Å². The maximum Gasteiger partial charge on any atom is 0.407 e. The third kappa shape index (κ3) is 4.01. The molecule has 94 valence electrons. The van der Waals surface area contributed by atoms with Gasteiger partial charge in [0, 0.05) is 5.38 Å². The maximum atomic E-state index is 11.4. The van der Waals surface area contributed by atoms with Crippen LogP contribution in [-0.4, -0.2) is 11.1 Å². The summed E-state index contributed by atoms with van der Waals surface area (Å²) in [7, 11) is 0. The van der Waals surface area contributed by atoms with Crippen molar-refractivity contribution >= 4 is 29.0 Å². The molecule has 0 aliphatic rings. The molecule has 0 atom stereocenters. The number of carbonyl (C=O) groups is 1. The molecule has 6 heteroatoms. The summed E-state index contributed by atoms with van der Waals surface area (Å²) in [5.74, 6) is 0. The molecule has 1 heterocycles. The number of hydrogen-bond donors (Lipinski definition) is 1. The van der Waals surface area contributed by atoms with Gasteiger partial charge in [0.25, 0.3) is 0 Å². The lowest BCUT2D eigenvalue weighted by Crippen LogP contribution is -2.23. The van der Waals surface area contributed by atoms with Crippen LogP contribution in [-0.2, 0) is 17.9 Å². The summed E-state index contributed by atoms with van der Waals surface area (Å²) < 4.78 is 5.51. The average Bonchev–Trinajstić information content (AvgIpc) is 2.81. The number of ether oxygens (including phenoxy) is 1. The lowest BCUT2D eigenvalue weighted by Gasteiger charge is -2.05. The van der Waals surface area contributed by atoms with E-state index >= 15 is 0 Å². The number of rotatable bonds is 4. The molecular weight excluding hydrogens is 272 g/mol. The van der Waals surface area contributed by atoms with Crippen LogP contribution >= 0.6 is 22.9 Å². The molecule has 0 aliphatic carbocycles. The van der Waals surface area contributed by atoms with Crippen LogP contribution in [0.4, 0.5) is 4.79 Å². The molecule has 1 aromatic heterocycles. The molecule has 0 aliphatic heterocycles. The first kappa shape index (κ1) is 12.9. The Kier molecular flexibility index (Phi) is 4.55. The fourth-order valence-electron chi connectivity index (χ4n) is 1.30. The normalized spacial score (nSPS) is 10.1. The zero-order valence-corrected chi connectivity index (χ0v) is 11.0. The zero-order chi connectivity index (χ0) is 12.8. The SMILES string of the molecule is O=C(NCc1csc(Cl)n1)OCc1ccccc1. The third-order valence-corrected chi connectivity index (χ3v) is 3.18. The minimum Gasteiger partial charge on any atom is -0.445 e. The second kappa shape index (κ2) is 6.37. The molecule has 18 heavy (non-hydrogen) atoms. The molecular formula is C12H11ClN2O2S. The van der Waals surface area contributed by atoms with E-state index in [1.54, 1.807) is 5.38 Å². The molecule has 0 saturated heterocycles. The number of halogens is 1. The van der Waals surface area contributed by atoms with E-state index in [0.29, 0.717) is 11.0 Å². The summed E-state index contributed by atoms with van der Waals surface area (Å²) in [6.45, 7) is 0.571. The van der Waals surface area contributed by atoms with Gasteiger partial charge in [0.15, 0.2) is 4.47 Å². The molecule has 4 nitrogen and oxygen atoms in total. The van der Waals surface area contributed by atoms with Crippen molar-refractivity contribution in [2.45, 2.75) is 13.2 Å². The number of hydrogen-bond acceptors (Lipinski definition) is 4. The molecule has 1 aromatic carbocycles. The van der Waals surface area contributed by atoms with Gasteiger partial charge in [0.2, 0.25) is 0 Å². The minimum absolute atomic E-state index is 0.254. The van der Waals surface area contributed by atoms with E-state index in [1.165, 1.54) is 11.3 Å². The molecule has 2 rings (SSSR count). The molecule has 0 unspecified atom stereocenters. The van der Waals surface area contributed by atoms with E-state index in [2.05, 4.69) is 10.3 Å². The van der Waals surface area contributed by atoms with Crippen LogP contribution in [0.3, 0.4) is 0 Å². The lowest BCUT2D eigenvalue weighted by molar-refractivity contribution is 0.139. The fourth-order valence-corrected chi connectivity index (χ4v) is 2.08. The Bertz CT molecular complexity index is 516. The van der Waals surface area contributed by atoms with Crippen LogP contribution < -0.4 is 5.32 Å². The number of amides is 1. The predicted octanol–water partition coefficient (Wildman–Crippen LogP) is 3.22. The summed E-state index contributed by atoms with van der Waals surface area (Å²) >= 11 is 7.01. The molecule has 0 fully saturated rings.